The second kappa shape index (κ2) is 13.7. The minimum absolute atomic E-state index is 0. The molecule has 1 aromatic carbocycles. The van der Waals surface area contributed by atoms with Crippen LogP contribution in [0.1, 0.15) is 46.1 Å². The van der Waals surface area contributed by atoms with Crippen molar-refractivity contribution in [2.24, 2.45) is 4.99 Å². The van der Waals surface area contributed by atoms with E-state index >= 15 is 0 Å². The molecule has 2 N–H and O–H groups in total. The van der Waals surface area contributed by atoms with Gasteiger partial charge in [0.05, 0.1) is 12.1 Å². The largest absolute Gasteiger partial charge is 0.357 e. The molecule has 0 aliphatic rings. The van der Waals surface area contributed by atoms with E-state index in [0.717, 1.165) is 55.0 Å². The van der Waals surface area contributed by atoms with E-state index in [9.17, 15) is 0 Å². The van der Waals surface area contributed by atoms with Crippen LogP contribution in [0.3, 0.4) is 0 Å². The first-order valence-electron chi connectivity index (χ1n) is 10.3. The molecule has 0 saturated carbocycles. The number of hydrogen-bond acceptors (Lipinski definition) is 3. The molecule has 1 aromatic heterocycles. The maximum Gasteiger partial charge on any atom is 0.191 e. The van der Waals surface area contributed by atoms with Crippen molar-refractivity contribution in [2.75, 3.05) is 26.2 Å². The summed E-state index contributed by atoms with van der Waals surface area (Å²) in [6, 6.07) is 10.7. The predicted molar refractivity (Wildman–Crippen MR) is 132 cm³/mol. The highest BCUT2D eigenvalue weighted by Crippen LogP contribution is 2.16. The summed E-state index contributed by atoms with van der Waals surface area (Å²) < 4.78 is 0. The van der Waals surface area contributed by atoms with Crippen molar-refractivity contribution in [3.8, 4) is 0 Å². The summed E-state index contributed by atoms with van der Waals surface area (Å²) in [5.74, 6) is 0.876. The number of hydrogen-bond donors (Lipinski definition) is 2. The fourth-order valence-corrected chi connectivity index (χ4v) is 3.25. The van der Waals surface area contributed by atoms with Crippen molar-refractivity contribution in [2.45, 2.75) is 53.1 Å². The fraction of sp³-hybridized carbons (Fsp3) is 0.545. The standard InChI is InChI=1S/C22H35N5.HI/c1-5-23-22(26-18(4)11-10-16-27(6-2)7-3)25-17-20-13-8-12-19-14-9-15-24-21(19)20;/h8-9,12-15,18H,5-7,10-11,16-17H2,1-4H3,(H2,23,25,26);1H. The Morgan fingerprint density at radius 3 is 2.61 bits per heavy atom. The molecule has 2 rings (SSSR count). The van der Waals surface area contributed by atoms with Gasteiger partial charge in [0.2, 0.25) is 0 Å². The summed E-state index contributed by atoms with van der Waals surface area (Å²) in [5.41, 5.74) is 2.19. The van der Waals surface area contributed by atoms with Gasteiger partial charge in [-0.25, -0.2) is 4.99 Å². The van der Waals surface area contributed by atoms with Crippen LogP contribution in [-0.2, 0) is 6.54 Å². The van der Waals surface area contributed by atoms with Gasteiger partial charge in [0.25, 0.3) is 0 Å². The van der Waals surface area contributed by atoms with Gasteiger partial charge in [-0.15, -0.1) is 24.0 Å². The first-order valence-corrected chi connectivity index (χ1v) is 10.3. The average molecular weight is 497 g/mol. The Balaban J connectivity index is 0.00000392. The Hall–Kier alpha value is -1.41. The van der Waals surface area contributed by atoms with Crippen LogP contribution in [-0.4, -0.2) is 48.1 Å². The Labute approximate surface area is 187 Å². The molecule has 156 valence electrons. The predicted octanol–water partition coefficient (Wildman–Crippen LogP) is 4.42. The van der Waals surface area contributed by atoms with Crippen LogP contribution in [0, 0.1) is 0 Å². The summed E-state index contributed by atoms with van der Waals surface area (Å²) in [6.45, 7) is 13.7. The maximum absolute atomic E-state index is 4.79. The number of para-hydroxylation sites is 1. The van der Waals surface area contributed by atoms with Crippen LogP contribution in [0.25, 0.3) is 10.9 Å². The van der Waals surface area contributed by atoms with E-state index in [0.29, 0.717) is 12.6 Å². The summed E-state index contributed by atoms with van der Waals surface area (Å²) in [4.78, 5) is 11.8. The van der Waals surface area contributed by atoms with Crippen molar-refractivity contribution in [1.82, 2.24) is 20.5 Å². The summed E-state index contributed by atoms with van der Waals surface area (Å²) in [5, 5.41) is 8.07. The molecule has 0 aliphatic carbocycles. The molecule has 0 aliphatic heterocycles. The molecule has 0 bridgehead atoms. The molecule has 0 radical (unpaired) electrons. The van der Waals surface area contributed by atoms with E-state index in [2.05, 4.69) is 72.5 Å². The highest BCUT2D eigenvalue weighted by molar-refractivity contribution is 14.0. The normalized spacial score (nSPS) is 12.7. The quantitative estimate of drug-likeness (QED) is 0.290. The third-order valence-corrected chi connectivity index (χ3v) is 4.86. The lowest BCUT2D eigenvalue weighted by Crippen LogP contribution is -2.42. The van der Waals surface area contributed by atoms with Crippen molar-refractivity contribution in [3.63, 3.8) is 0 Å². The lowest BCUT2D eigenvalue weighted by molar-refractivity contribution is 0.292. The Morgan fingerprint density at radius 1 is 1.14 bits per heavy atom. The average Bonchev–Trinajstić information content (AvgIpc) is 2.69. The number of aromatic nitrogens is 1. The molecule has 1 unspecified atom stereocenters. The number of nitrogens with one attached hydrogen (secondary N) is 2. The smallest absolute Gasteiger partial charge is 0.191 e. The number of guanidine groups is 1. The first-order chi connectivity index (χ1) is 13.2. The minimum Gasteiger partial charge on any atom is -0.357 e. The van der Waals surface area contributed by atoms with Gasteiger partial charge in [0.15, 0.2) is 5.96 Å². The van der Waals surface area contributed by atoms with Gasteiger partial charge in [0.1, 0.15) is 0 Å². The van der Waals surface area contributed by atoms with Gasteiger partial charge in [-0.05, 0) is 58.0 Å². The SMILES string of the molecule is CCNC(=NCc1cccc2cccnc12)NC(C)CCCN(CC)CC.I. The maximum atomic E-state index is 4.79. The van der Waals surface area contributed by atoms with Gasteiger partial charge >= 0.3 is 0 Å². The fourth-order valence-electron chi connectivity index (χ4n) is 3.25. The van der Waals surface area contributed by atoms with Crippen LogP contribution in [0.5, 0.6) is 0 Å². The number of benzene rings is 1. The van der Waals surface area contributed by atoms with Crippen LogP contribution >= 0.6 is 24.0 Å². The van der Waals surface area contributed by atoms with Gasteiger partial charge in [-0.1, -0.05) is 38.1 Å². The van der Waals surface area contributed by atoms with E-state index < -0.39 is 0 Å². The van der Waals surface area contributed by atoms with Crippen LogP contribution in [0.4, 0.5) is 0 Å². The summed E-state index contributed by atoms with van der Waals surface area (Å²) in [6.07, 6.45) is 4.18. The minimum atomic E-state index is 0. The molecular weight excluding hydrogens is 461 g/mol. The second-order valence-corrected chi connectivity index (χ2v) is 6.90. The lowest BCUT2D eigenvalue weighted by atomic mass is 10.1. The van der Waals surface area contributed by atoms with Crippen molar-refractivity contribution in [1.29, 1.82) is 0 Å². The van der Waals surface area contributed by atoms with Crippen LogP contribution in [0.2, 0.25) is 0 Å². The van der Waals surface area contributed by atoms with Gasteiger partial charge in [-0.2, -0.15) is 0 Å². The Bertz CT molecular complexity index is 710. The van der Waals surface area contributed by atoms with Gasteiger partial charge in [0, 0.05) is 24.2 Å². The van der Waals surface area contributed by atoms with Gasteiger partial charge < -0.3 is 15.5 Å². The van der Waals surface area contributed by atoms with Crippen molar-refractivity contribution in [3.05, 3.63) is 42.1 Å². The number of halogens is 1. The Morgan fingerprint density at radius 2 is 1.89 bits per heavy atom. The number of fused-ring (bicyclic) bond motifs is 1. The molecule has 1 atom stereocenters. The molecule has 6 heteroatoms. The van der Waals surface area contributed by atoms with E-state index in [1.165, 1.54) is 6.42 Å². The van der Waals surface area contributed by atoms with E-state index in [1.54, 1.807) is 0 Å². The van der Waals surface area contributed by atoms with E-state index in [4.69, 9.17) is 4.99 Å². The molecular formula is C22H36IN5. The van der Waals surface area contributed by atoms with Crippen molar-refractivity contribution < 1.29 is 0 Å². The molecule has 0 amide bonds. The zero-order valence-corrected chi connectivity index (χ0v) is 20.1. The molecule has 0 saturated heterocycles. The van der Waals surface area contributed by atoms with Crippen LogP contribution < -0.4 is 10.6 Å². The highest BCUT2D eigenvalue weighted by Gasteiger charge is 2.07. The molecule has 2 aromatic rings. The van der Waals surface area contributed by atoms with E-state index in [-0.39, 0.29) is 24.0 Å². The molecule has 28 heavy (non-hydrogen) atoms. The lowest BCUT2D eigenvalue weighted by Gasteiger charge is -2.21. The third-order valence-electron chi connectivity index (χ3n) is 4.86. The number of pyridine rings is 1. The molecule has 5 nitrogen and oxygen atoms in total. The summed E-state index contributed by atoms with van der Waals surface area (Å²) in [7, 11) is 0. The monoisotopic (exact) mass is 497 g/mol. The zero-order chi connectivity index (χ0) is 19.5. The number of nitrogens with zero attached hydrogens (tertiary/aromatic N) is 3. The number of rotatable bonds is 10. The molecule has 0 fully saturated rings. The second-order valence-electron chi connectivity index (χ2n) is 6.90. The highest BCUT2D eigenvalue weighted by atomic mass is 127. The zero-order valence-electron chi connectivity index (χ0n) is 17.7. The van der Waals surface area contributed by atoms with Crippen molar-refractivity contribution >= 4 is 40.8 Å². The third kappa shape index (κ3) is 7.91. The van der Waals surface area contributed by atoms with E-state index in [1.807, 2.05) is 12.3 Å². The topological polar surface area (TPSA) is 52.6 Å². The van der Waals surface area contributed by atoms with Crippen LogP contribution in [0.15, 0.2) is 41.5 Å². The summed E-state index contributed by atoms with van der Waals surface area (Å²) >= 11 is 0. The number of aliphatic imine (C=N–C) groups is 1. The first kappa shape index (κ1) is 24.6. The molecule has 0 spiro atoms. The Kier molecular flexibility index (Phi) is 12.1. The molecule has 1 heterocycles. The van der Waals surface area contributed by atoms with Gasteiger partial charge in [-0.3, -0.25) is 4.98 Å².